The van der Waals surface area contributed by atoms with Gasteiger partial charge in [-0.05, 0) is 23.6 Å². The summed E-state index contributed by atoms with van der Waals surface area (Å²) in [6.07, 6.45) is 0.387. The zero-order valence-corrected chi connectivity index (χ0v) is 12.8. The van der Waals surface area contributed by atoms with E-state index < -0.39 is 11.9 Å². The first-order valence-electron chi connectivity index (χ1n) is 7.05. The lowest BCUT2D eigenvalue weighted by Crippen LogP contribution is -2.37. The molecule has 0 unspecified atom stereocenters. The second kappa shape index (κ2) is 5.61. The van der Waals surface area contributed by atoms with Crippen molar-refractivity contribution < 1.29 is 19.1 Å². The molecule has 1 fully saturated rings. The Hall–Kier alpha value is -2.08. The minimum absolute atomic E-state index is 0.0358. The number of imide groups is 1. The van der Waals surface area contributed by atoms with Crippen LogP contribution in [0.25, 0.3) is 0 Å². The summed E-state index contributed by atoms with van der Waals surface area (Å²) in [5.74, 6) is -0.0797. The number of urea groups is 1. The van der Waals surface area contributed by atoms with Crippen molar-refractivity contribution in [3.05, 3.63) is 28.3 Å². The van der Waals surface area contributed by atoms with Crippen molar-refractivity contribution >= 4 is 29.3 Å². The van der Waals surface area contributed by atoms with Crippen LogP contribution in [0.4, 0.5) is 4.79 Å². The number of rotatable bonds is 3. The molecular weight excluding hydrogens is 308 g/mol. The third-order valence-corrected chi connectivity index (χ3v) is 4.26. The molecule has 1 aromatic rings. The van der Waals surface area contributed by atoms with Crippen LogP contribution >= 0.6 is 11.6 Å². The number of amides is 3. The Balaban J connectivity index is 1.78. The van der Waals surface area contributed by atoms with Gasteiger partial charge in [-0.2, -0.15) is 0 Å². The molecule has 0 bridgehead atoms. The number of Topliss-reactive ketones (excluding diaryl/α,β-unsaturated/α-hetero) is 1. The third kappa shape index (κ3) is 2.43. The van der Waals surface area contributed by atoms with Crippen molar-refractivity contribution in [3.63, 3.8) is 0 Å². The lowest BCUT2D eigenvalue weighted by Gasteiger charge is -2.15. The van der Waals surface area contributed by atoms with Crippen molar-refractivity contribution in [3.8, 4) is 5.75 Å². The summed E-state index contributed by atoms with van der Waals surface area (Å²) in [5.41, 5.74) is 1.23. The highest BCUT2D eigenvalue weighted by Crippen LogP contribution is 2.42. The Kier molecular flexibility index (Phi) is 3.78. The first-order chi connectivity index (χ1) is 10.5. The SMILES string of the molecule is C[C@@H]1CC(=O)c2c(OCC(=O)N3CCNC3=O)ccc(Cl)c21. The van der Waals surface area contributed by atoms with Gasteiger partial charge in [-0.1, -0.05) is 18.5 Å². The van der Waals surface area contributed by atoms with Crippen molar-refractivity contribution in [2.75, 3.05) is 19.7 Å². The minimum Gasteiger partial charge on any atom is -0.483 e. The molecule has 1 heterocycles. The fourth-order valence-corrected chi connectivity index (χ4v) is 3.22. The van der Waals surface area contributed by atoms with E-state index in [2.05, 4.69) is 5.32 Å². The average molecular weight is 323 g/mol. The van der Waals surface area contributed by atoms with Gasteiger partial charge in [-0.15, -0.1) is 0 Å². The highest BCUT2D eigenvalue weighted by Gasteiger charge is 2.32. The van der Waals surface area contributed by atoms with Crippen LogP contribution < -0.4 is 10.1 Å². The lowest BCUT2D eigenvalue weighted by atomic mass is 10.0. The molecule has 116 valence electrons. The van der Waals surface area contributed by atoms with Gasteiger partial charge >= 0.3 is 6.03 Å². The molecule has 3 amide bonds. The van der Waals surface area contributed by atoms with Crippen LogP contribution in [0, 0.1) is 0 Å². The topological polar surface area (TPSA) is 75.7 Å². The molecule has 1 atom stereocenters. The fraction of sp³-hybridized carbons (Fsp3) is 0.400. The number of fused-ring (bicyclic) bond motifs is 1. The van der Waals surface area contributed by atoms with Crippen LogP contribution in [0.5, 0.6) is 5.75 Å². The standard InChI is InChI=1S/C15H15ClN2O4/c1-8-6-10(19)14-11(3-2-9(16)13(8)14)22-7-12(20)18-5-4-17-15(18)21/h2-3,8H,4-7H2,1H3,(H,17,21)/t8-/m1/s1. The quantitative estimate of drug-likeness (QED) is 0.923. The number of benzene rings is 1. The number of hydrogen-bond donors (Lipinski definition) is 1. The number of nitrogens with one attached hydrogen (secondary N) is 1. The first kappa shape index (κ1) is 14.8. The van der Waals surface area contributed by atoms with E-state index >= 15 is 0 Å². The Labute approximate surface area is 132 Å². The van der Waals surface area contributed by atoms with Gasteiger partial charge in [0.05, 0.1) is 5.56 Å². The second-order valence-electron chi connectivity index (χ2n) is 5.43. The predicted octanol–water partition coefficient (Wildman–Crippen LogP) is 1.96. The van der Waals surface area contributed by atoms with Gasteiger partial charge in [0.2, 0.25) is 0 Å². The molecule has 1 aliphatic heterocycles. The van der Waals surface area contributed by atoms with Crippen LogP contribution in [0.3, 0.4) is 0 Å². The molecule has 3 rings (SSSR count). The molecular formula is C15H15ClN2O4. The van der Waals surface area contributed by atoms with E-state index in [4.69, 9.17) is 16.3 Å². The molecule has 22 heavy (non-hydrogen) atoms. The Morgan fingerprint density at radius 1 is 1.45 bits per heavy atom. The Morgan fingerprint density at radius 2 is 2.23 bits per heavy atom. The summed E-state index contributed by atoms with van der Waals surface area (Å²) in [4.78, 5) is 36.6. The third-order valence-electron chi connectivity index (χ3n) is 3.93. The van der Waals surface area contributed by atoms with Crippen LogP contribution in [-0.2, 0) is 4.79 Å². The van der Waals surface area contributed by atoms with Crippen molar-refractivity contribution in [1.82, 2.24) is 10.2 Å². The van der Waals surface area contributed by atoms with Crippen LogP contribution in [0.15, 0.2) is 12.1 Å². The summed E-state index contributed by atoms with van der Waals surface area (Å²) < 4.78 is 5.49. The summed E-state index contributed by atoms with van der Waals surface area (Å²) in [5, 5.41) is 3.08. The largest absolute Gasteiger partial charge is 0.483 e. The Morgan fingerprint density at radius 3 is 2.91 bits per heavy atom. The molecule has 7 heteroatoms. The molecule has 1 aromatic carbocycles. The van der Waals surface area contributed by atoms with Gasteiger partial charge in [-0.25, -0.2) is 4.79 Å². The molecule has 1 aliphatic carbocycles. The maximum atomic E-state index is 12.1. The van der Waals surface area contributed by atoms with Gasteiger partial charge < -0.3 is 10.1 Å². The van der Waals surface area contributed by atoms with E-state index in [-0.39, 0.29) is 18.3 Å². The molecule has 0 aromatic heterocycles. The van der Waals surface area contributed by atoms with Crippen molar-refractivity contribution in [2.24, 2.45) is 0 Å². The van der Waals surface area contributed by atoms with E-state index in [0.717, 1.165) is 10.5 Å². The number of carbonyl (C=O) groups is 3. The highest BCUT2D eigenvalue weighted by atomic mass is 35.5. The molecule has 2 aliphatic rings. The van der Waals surface area contributed by atoms with E-state index in [9.17, 15) is 14.4 Å². The number of halogens is 1. The number of ketones is 1. The number of hydrogen-bond acceptors (Lipinski definition) is 4. The highest BCUT2D eigenvalue weighted by molar-refractivity contribution is 6.32. The molecule has 0 radical (unpaired) electrons. The summed E-state index contributed by atoms with van der Waals surface area (Å²) >= 11 is 6.15. The summed E-state index contributed by atoms with van der Waals surface area (Å²) in [6, 6.07) is 2.84. The van der Waals surface area contributed by atoms with Gasteiger partial charge in [-0.3, -0.25) is 14.5 Å². The van der Waals surface area contributed by atoms with Crippen LogP contribution in [-0.4, -0.2) is 42.3 Å². The summed E-state index contributed by atoms with van der Waals surface area (Å²) in [7, 11) is 0. The van der Waals surface area contributed by atoms with E-state index in [0.29, 0.717) is 35.8 Å². The number of nitrogens with zero attached hydrogens (tertiary/aromatic N) is 1. The monoisotopic (exact) mass is 322 g/mol. The van der Waals surface area contributed by atoms with Gasteiger partial charge in [0.1, 0.15) is 5.75 Å². The minimum atomic E-state index is -0.433. The molecule has 1 N–H and O–H groups in total. The zero-order valence-electron chi connectivity index (χ0n) is 12.0. The molecule has 0 saturated carbocycles. The number of carbonyl (C=O) groups excluding carboxylic acids is 3. The summed E-state index contributed by atoms with van der Waals surface area (Å²) in [6.45, 7) is 2.41. The predicted molar refractivity (Wildman–Crippen MR) is 79.4 cm³/mol. The Bertz CT molecular complexity index is 674. The van der Waals surface area contributed by atoms with E-state index in [1.165, 1.54) is 0 Å². The van der Waals surface area contributed by atoms with Crippen molar-refractivity contribution in [2.45, 2.75) is 19.3 Å². The molecule has 1 saturated heterocycles. The van der Waals surface area contributed by atoms with E-state index in [1.54, 1.807) is 12.1 Å². The van der Waals surface area contributed by atoms with Gasteiger partial charge in [0, 0.05) is 24.5 Å². The maximum Gasteiger partial charge on any atom is 0.324 e. The molecule has 6 nitrogen and oxygen atoms in total. The average Bonchev–Trinajstić information content (AvgIpc) is 3.02. The van der Waals surface area contributed by atoms with Gasteiger partial charge in [0.25, 0.3) is 5.91 Å². The lowest BCUT2D eigenvalue weighted by molar-refractivity contribution is -0.129. The maximum absolute atomic E-state index is 12.1. The zero-order chi connectivity index (χ0) is 15.9. The van der Waals surface area contributed by atoms with Crippen LogP contribution in [0.2, 0.25) is 5.02 Å². The van der Waals surface area contributed by atoms with E-state index in [1.807, 2.05) is 6.92 Å². The van der Waals surface area contributed by atoms with Gasteiger partial charge in [0.15, 0.2) is 12.4 Å². The normalized spacial score (nSPS) is 20.1. The first-order valence-corrected chi connectivity index (χ1v) is 7.43. The van der Waals surface area contributed by atoms with Crippen molar-refractivity contribution in [1.29, 1.82) is 0 Å². The fourth-order valence-electron chi connectivity index (χ4n) is 2.87. The van der Waals surface area contributed by atoms with Crippen LogP contribution in [0.1, 0.15) is 35.2 Å². The molecule has 0 spiro atoms. The second-order valence-corrected chi connectivity index (χ2v) is 5.84. The smallest absolute Gasteiger partial charge is 0.324 e. The number of ether oxygens (including phenoxy) is 1.